The molecule has 0 spiro atoms. The number of thiazole rings is 1. The smallest absolute Gasteiger partial charge is 0.480 e. The fraction of sp³-hybridized carbons (Fsp3) is 0.571. The van der Waals surface area contributed by atoms with Gasteiger partial charge in [-0.15, -0.1) is 0 Å². The molecule has 1 atom stereocenters. The first-order chi connectivity index (χ1) is 15.2. The van der Waals surface area contributed by atoms with E-state index in [4.69, 9.17) is 20.1 Å². The van der Waals surface area contributed by atoms with Gasteiger partial charge in [-0.2, -0.15) is 0 Å². The Balaban J connectivity index is 0.000000414. The van der Waals surface area contributed by atoms with E-state index in [0.717, 1.165) is 0 Å². The molecule has 1 fully saturated rings. The molecule has 0 saturated carbocycles. The number of amides is 2. The van der Waals surface area contributed by atoms with E-state index in [0.29, 0.717) is 27.4 Å². The zero-order valence-electron chi connectivity index (χ0n) is 20.0. The third-order valence-electron chi connectivity index (χ3n) is 5.58. The molecule has 2 amide bonds. The minimum atomic E-state index is -0.931. The van der Waals surface area contributed by atoms with Crippen molar-refractivity contribution in [1.82, 2.24) is 10.3 Å². The summed E-state index contributed by atoms with van der Waals surface area (Å²) in [6.07, 6.45) is 0. The van der Waals surface area contributed by atoms with Crippen LogP contribution in [0.4, 0.5) is 14.3 Å². The van der Waals surface area contributed by atoms with Gasteiger partial charge in [-0.25, -0.2) is 14.2 Å². The van der Waals surface area contributed by atoms with Crippen molar-refractivity contribution in [3.63, 3.8) is 0 Å². The van der Waals surface area contributed by atoms with Gasteiger partial charge < -0.3 is 25.5 Å². The third-order valence-corrected chi connectivity index (χ3v) is 6.51. The monoisotopic (exact) mass is 482 g/mol. The van der Waals surface area contributed by atoms with Crippen molar-refractivity contribution in [2.75, 3.05) is 11.9 Å². The first-order valence-corrected chi connectivity index (χ1v) is 11.5. The number of fused-ring (bicyclic) bond motifs is 1. The highest BCUT2D eigenvalue weighted by molar-refractivity contribution is 7.22. The van der Waals surface area contributed by atoms with Gasteiger partial charge in [-0.05, 0) is 52.7 Å². The van der Waals surface area contributed by atoms with E-state index in [1.54, 1.807) is 19.9 Å². The molecule has 9 nitrogen and oxygen atoms in total. The molecule has 2 aromatic rings. The molecule has 1 saturated heterocycles. The van der Waals surface area contributed by atoms with E-state index in [2.05, 4.69) is 15.6 Å². The van der Waals surface area contributed by atoms with Crippen molar-refractivity contribution in [2.45, 2.75) is 65.7 Å². The van der Waals surface area contributed by atoms with Crippen molar-refractivity contribution < 1.29 is 28.4 Å². The Morgan fingerprint density at radius 2 is 1.82 bits per heavy atom. The molecule has 33 heavy (non-hydrogen) atoms. The van der Waals surface area contributed by atoms with Crippen molar-refractivity contribution in [1.29, 1.82) is 0 Å². The summed E-state index contributed by atoms with van der Waals surface area (Å²) in [5.74, 6) is -1.33. The van der Waals surface area contributed by atoms with Gasteiger partial charge in [0.1, 0.15) is 11.9 Å². The number of halogens is 1. The van der Waals surface area contributed by atoms with Crippen LogP contribution in [0.1, 0.15) is 48.5 Å². The molecule has 1 aliphatic rings. The van der Waals surface area contributed by atoms with Crippen LogP contribution < -0.4 is 21.8 Å². The quantitative estimate of drug-likeness (QED) is 0.481. The maximum Gasteiger partial charge on any atom is 0.497 e. The number of hydrogen-bond acceptors (Lipinski definition) is 7. The maximum absolute atomic E-state index is 14.6. The second-order valence-electron chi connectivity index (χ2n) is 9.04. The Labute approximate surface area is 197 Å². The van der Waals surface area contributed by atoms with Crippen LogP contribution in [0.2, 0.25) is 0 Å². The number of rotatable bonds is 5. The van der Waals surface area contributed by atoms with Crippen LogP contribution >= 0.6 is 11.3 Å². The number of anilines is 1. The number of carboxylic acid groups (broad SMARTS) is 1. The van der Waals surface area contributed by atoms with Gasteiger partial charge in [0, 0.05) is 12.0 Å². The largest absolute Gasteiger partial charge is 0.497 e. The molecule has 2 heterocycles. The highest BCUT2D eigenvalue weighted by Gasteiger charge is 2.52. The molecule has 1 aromatic heterocycles. The minimum absolute atomic E-state index is 0.0208. The van der Waals surface area contributed by atoms with Gasteiger partial charge in [0.25, 0.3) is 0 Å². The van der Waals surface area contributed by atoms with Gasteiger partial charge in [0.2, 0.25) is 0 Å². The molecular formula is C21H32BFN4O5S. The molecule has 1 aromatic carbocycles. The van der Waals surface area contributed by atoms with Gasteiger partial charge in [-0.3, -0.25) is 10.1 Å². The van der Waals surface area contributed by atoms with E-state index in [9.17, 15) is 14.0 Å². The second kappa shape index (κ2) is 10.3. The number of aromatic nitrogens is 1. The van der Waals surface area contributed by atoms with E-state index in [-0.39, 0.29) is 11.9 Å². The van der Waals surface area contributed by atoms with Crippen molar-refractivity contribution in [2.24, 2.45) is 11.7 Å². The molecule has 3 rings (SSSR count). The summed E-state index contributed by atoms with van der Waals surface area (Å²) in [6.45, 7) is 13.6. The molecule has 0 bridgehead atoms. The molecular weight excluding hydrogens is 450 g/mol. The lowest BCUT2D eigenvalue weighted by atomic mass is 9.78. The fourth-order valence-electron chi connectivity index (χ4n) is 2.76. The fourth-order valence-corrected chi connectivity index (χ4v) is 3.62. The zero-order valence-corrected chi connectivity index (χ0v) is 20.8. The second-order valence-corrected chi connectivity index (χ2v) is 10.1. The Bertz CT molecular complexity index is 998. The summed E-state index contributed by atoms with van der Waals surface area (Å²) in [5.41, 5.74) is 4.95. The number of hydrogen-bond donors (Lipinski definition) is 4. The number of carbonyl (C=O) groups excluding carboxylic acids is 1. The summed E-state index contributed by atoms with van der Waals surface area (Å²) >= 11 is 1.21. The van der Waals surface area contributed by atoms with Crippen LogP contribution in [-0.2, 0) is 14.1 Å². The van der Waals surface area contributed by atoms with Crippen LogP contribution in [0.15, 0.2) is 12.1 Å². The molecule has 182 valence electrons. The first kappa shape index (κ1) is 27.0. The van der Waals surface area contributed by atoms with E-state index in [1.807, 2.05) is 34.6 Å². The summed E-state index contributed by atoms with van der Waals surface area (Å²) < 4.78 is 27.1. The van der Waals surface area contributed by atoms with E-state index < -0.39 is 36.1 Å². The summed E-state index contributed by atoms with van der Waals surface area (Å²) in [6, 6.07) is 1.96. The summed E-state index contributed by atoms with van der Waals surface area (Å²) in [5, 5.41) is 13.9. The topological polar surface area (TPSA) is 136 Å². The molecule has 1 aliphatic heterocycles. The molecule has 0 aliphatic carbocycles. The number of nitrogens with one attached hydrogen (secondary N) is 2. The molecule has 5 N–H and O–H groups in total. The first-order valence-electron chi connectivity index (χ1n) is 10.7. The average molecular weight is 482 g/mol. The van der Waals surface area contributed by atoms with Crippen LogP contribution in [0.5, 0.6) is 0 Å². The Hall–Kier alpha value is -2.28. The number of urea groups is 1. The Kier molecular flexibility index (Phi) is 8.44. The van der Waals surface area contributed by atoms with Crippen LogP contribution in [-0.4, -0.2) is 53.0 Å². The molecule has 0 unspecified atom stereocenters. The lowest BCUT2D eigenvalue weighted by Gasteiger charge is -2.32. The minimum Gasteiger partial charge on any atom is -0.480 e. The van der Waals surface area contributed by atoms with Crippen molar-refractivity contribution in [3.8, 4) is 0 Å². The van der Waals surface area contributed by atoms with Gasteiger partial charge in [0.05, 0.1) is 21.4 Å². The number of nitrogens with two attached hydrogens (primary N) is 1. The summed E-state index contributed by atoms with van der Waals surface area (Å²) in [4.78, 5) is 26.0. The van der Waals surface area contributed by atoms with E-state index >= 15 is 0 Å². The van der Waals surface area contributed by atoms with Crippen LogP contribution in [0.25, 0.3) is 10.2 Å². The zero-order chi connectivity index (χ0) is 25.1. The van der Waals surface area contributed by atoms with Crippen LogP contribution in [0.3, 0.4) is 0 Å². The highest BCUT2D eigenvalue weighted by Crippen LogP contribution is 2.37. The van der Waals surface area contributed by atoms with Crippen molar-refractivity contribution in [3.05, 3.63) is 17.9 Å². The number of aliphatic carboxylic acids is 1. The van der Waals surface area contributed by atoms with Crippen molar-refractivity contribution >= 4 is 51.3 Å². The predicted octanol–water partition coefficient (Wildman–Crippen LogP) is 2.93. The van der Waals surface area contributed by atoms with Gasteiger partial charge >= 0.3 is 19.1 Å². The third kappa shape index (κ3) is 6.41. The lowest BCUT2D eigenvalue weighted by Crippen LogP contribution is -2.41. The van der Waals surface area contributed by atoms with Gasteiger partial charge in [0.15, 0.2) is 5.13 Å². The average Bonchev–Trinajstić information content (AvgIpc) is 3.16. The Morgan fingerprint density at radius 1 is 1.24 bits per heavy atom. The maximum atomic E-state index is 14.6. The number of carboxylic acids is 1. The number of carbonyl (C=O) groups is 2. The van der Waals surface area contributed by atoms with Crippen LogP contribution in [0, 0.1) is 11.7 Å². The Morgan fingerprint density at radius 3 is 2.27 bits per heavy atom. The molecule has 0 radical (unpaired) electrons. The SMILES string of the molecule is CC(C)[C@H](N)C(=O)O.CCNC(=O)Nc1nc2cc(B3OC(C)(C)C(C)(C)O3)c(F)cc2s1. The van der Waals surface area contributed by atoms with E-state index in [1.165, 1.54) is 17.4 Å². The normalized spacial score (nSPS) is 17.5. The number of nitrogens with zero attached hydrogens (tertiary/aromatic N) is 1. The number of benzene rings is 1. The standard InChI is InChI=1S/C16H21BFN3O3S.C5H11NO2/c1-6-19-13(22)21-14-20-11-7-9(10(18)8-12(11)25-14)17-23-15(2,3)16(4,5)24-17;1-3(2)4(6)5(7)8/h7-8H,6H2,1-5H3,(H2,19,20,21,22);3-4H,6H2,1-2H3,(H,7,8)/t;4-/m.0/s1. The lowest BCUT2D eigenvalue weighted by molar-refractivity contribution is -0.139. The highest BCUT2D eigenvalue weighted by atomic mass is 32.1. The van der Waals surface area contributed by atoms with Gasteiger partial charge in [-0.1, -0.05) is 25.2 Å². The molecule has 12 heteroatoms. The predicted molar refractivity (Wildman–Crippen MR) is 128 cm³/mol. The summed E-state index contributed by atoms with van der Waals surface area (Å²) in [7, 11) is -0.795.